The van der Waals surface area contributed by atoms with E-state index < -0.39 is 6.04 Å². The number of oxime groups is 1. The van der Waals surface area contributed by atoms with Gasteiger partial charge in [-0.15, -0.1) is 0 Å². The van der Waals surface area contributed by atoms with Gasteiger partial charge in [-0.25, -0.2) is 0 Å². The molecule has 86 valence electrons. The predicted octanol–water partition coefficient (Wildman–Crippen LogP) is 2.56. The molecular weight excluding hydrogens is 212 g/mol. The van der Waals surface area contributed by atoms with Gasteiger partial charge >= 0.3 is 0 Å². The molecule has 17 heavy (non-hydrogen) atoms. The summed E-state index contributed by atoms with van der Waals surface area (Å²) in [7, 11) is 0. The molecule has 2 aromatic rings. The lowest BCUT2D eigenvalue weighted by Crippen LogP contribution is -2.22. The van der Waals surface area contributed by atoms with Crippen molar-refractivity contribution < 1.29 is 5.21 Å². The third-order valence-corrected chi connectivity index (χ3v) is 2.63. The lowest BCUT2D eigenvalue weighted by molar-refractivity contribution is 0.317. The van der Waals surface area contributed by atoms with E-state index in [-0.39, 0.29) is 0 Å². The minimum atomic E-state index is -0.427. The number of hydrogen-bond acceptors (Lipinski definition) is 3. The van der Waals surface area contributed by atoms with Crippen LogP contribution in [-0.4, -0.2) is 10.9 Å². The molecule has 0 saturated carbocycles. The Kier molecular flexibility index (Phi) is 3.52. The van der Waals surface area contributed by atoms with Gasteiger partial charge in [-0.05, 0) is 5.56 Å². The molecule has 0 aliphatic heterocycles. The monoisotopic (exact) mass is 226 g/mol. The molecule has 3 heteroatoms. The van der Waals surface area contributed by atoms with Crippen LogP contribution in [0.3, 0.4) is 0 Å². The summed E-state index contributed by atoms with van der Waals surface area (Å²) in [5.74, 6) is 0. The highest BCUT2D eigenvalue weighted by atomic mass is 16.4. The molecule has 0 aliphatic carbocycles. The van der Waals surface area contributed by atoms with Crippen LogP contribution in [0, 0.1) is 0 Å². The molecule has 2 aromatic carbocycles. The Morgan fingerprint density at radius 1 is 0.941 bits per heavy atom. The molecule has 3 nitrogen and oxygen atoms in total. The average Bonchev–Trinajstić information content (AvgIpc) is 2.42. The van der Waals surface area contributed by atoms with Gasteiger partial charge in [-0.2, -0.15) is 0 Å². The van der Waals surface area contributed by atoms with Gasteiger partial charge in [0, 0.05) is 5.56 Å². The molecule has 0 amide bonds. The van der Waals surface area contributed by atoms with Crippen molar-refractivity contribution in [3.63, 3.8) is 0 Å². The van der Waals surface area contributed by atoms with Gasteiger partial charge in [0.05, 0.1) is 6.04 Å². The molecule has 2 rings (SSSR count). The van der Waals surface area contributed by atoms with E-state index in [1.54, 1.807) is 0 Å². The first-order valence-corrected chi connectivity index (χ1v) is 5.41. The topological polar surface area (TPSA) is 58.6 Å². The van der Waals surface area contributed by atoms with Gasteiger partial charge in [-0.1, -0.05) is 65.8 Å². The number of benzene rings is 2. The number of nitrogens with zero attached hydrogens (tertiary/aromatic N) is 1. The summed E-state index contributed by atoms with van der Waals surface area (Å²) < 4.78 is 0. The zero-order chi connectivity index (χ0) is 12.1. The molecule has 0 fully saturated rings. The summed E-state index contributed by atoms with van der Waals surface area (Å²) in [6, 6.07) is 18.6. The van der Waals surface area contributed by atoms with Crippen molar-refractivity contribution in [2.45, 2.75) is 6.04 Å². The molecule has 3 N–H and O–H groups in total. The van der Waals surface area contributed by atoms with Crippen LogP contribution < -0.4 is 5.73 Å². The predicted molar refractivity (Wildman–Crippen MR) is 68.1 cm³/mol. The summed E-state index contributed by atoms with van der Waals surface area (Å²) in [4.78, 5) is 0. The van der Waals surface area contributed by atoms with Gasteiger partial charge in [0.2, 0.25) is 0 Å². The van der Waals surface area contributed by atoms with Crippen molar-refractivity contribution in [3.8, 4) is 0 Å². The zero-order valence-corrected chi connectivity index (χ0v) is 9.32. The second-order valence-corrected chi connectivity index (χ2v) is 3.74. The Morgan fingerprint density at radius 2 is 1.47 bits per heavy atom. The van der Waals surface area contributed by atoms with Gasteiger partial charge < -0.3 is 10.9 Å². The standard InChI is InChI=1S/C14H14N2O/c15-13(11-7-3-1-4-8-11)14(16-17)12-9-5-2-6-10-12/h1-10,13,17H,15H2. The normalized spacial score (nSPS) is 13.4. The fraction of sp³-hybridized carbons (Fsp3) is 0.0714. The minimum absolute atomic E-state index is 0.427. The van der Waals surface area contributed by atoms with Crippen LogP contribution in [0.2, 0.25) is 0 Å². The molecule has 0 aliphatic rings. The Balaban J connectivity index is 2.33. The summed E-state index contributed by atoms with van der Waals surface area (Å²) in [5, 5.41) is 12.4. The Hall–Kier alpha value is -2.13. The SMILES string of the molecule is NC(C(=NO)c1ccccc1)c1ccccc1. The molecule has 0 aromatic heterocycles. The highest BCUT2D eigenvalue weighted by molar-refractivity contribution is 6.04. The van der Waals surface area contributed by atoms with E-state index in [0.29, 0.717) is 5.71 Å². The molecule has 0 heterocycles. The summed E-state index contributed by atoms with van der Waals surface area (Å²) in [5.41, 5.74) is 8.31. The van der Waals surface area contributed by atoms with E-state index in [1.807, 2.05) is 60.7 Å². The number of hydrogen-bond donors (Lipinski definition) is 2. The van der Waals surface area contributed by atoms with Crippen molar-refractivity contribution in [2.24, 2.45) is 10.9 Å². The van der Waals surface area contributed by atoms with Crippen LogP contribution >= 0.6 is 0 Å². The fourth-order valence-electron chi connectivity index (χ4n) is 1.73. The Morgan fingerprint density at radius 3 is 2.00 bits per heavy atom. The fourth-order valence-corrected chi connectivity index (χ4v) is 1.73. The first-order chi connectivity index (χ1) is 8.33. The second kappa shape index (κ2) is 5.27. The van der Waals surface area contributed by atoms with Crippen molar-refractivity contribution in [2.75, 3.05) is 0 Å². The van der Waals surface area contributed by atoms with E-state index >= 15 is 0 Å². The third kappa shape index (κ3) is 2.52. The highest BCUT2D eigenvalue weighted by Gasteiger charge is 2.15. The van der Waals surface area contributed by atoms with Crippen LogP contribution in [0.25, 0.3) is 0 Å². The molecule has 0 radical (unpaired) electrons. The van der Waals surface area contributed by atoms with Gasteiger partial charge in [0.25, 0.3) is 0 Å². The largest absolute Gasteiger partial charge is 0.411 e. The second-order valence-electron chi connectivity index (χ2n) is 3.74. The maximum atomic E-state index is 9.12. The Bertz CT molecular complexity index is 494. The molecule has 0 saturated heterocycles. The zero-order valence-electron chi connectivity index (χ0n) is 9.32. The first kappa shape index (κ1) is 11.4. The quantitative estimate of drug-likeness (QED) is 0.480. The van der Waals surface area contributed by atoms with Crippen molar-refractivity contribution in [1.29, 1.82) is 0 Å². The molecular formula is C14H14N2O. The van der Waals surface area contributed by atoms with Crippen LogP contribution in [0.4, 0.5) is 0 Å². The maximum absolute atomic E-state index is 9.12. The molecule has 1 atom stereocenters. The minimum Gasteiger partial charge on any atom is -0.411 e. The van der Waals surface area contributed by atoms with E-state index in [1.165, 1.54) is 0 Å². The van der Waals surface area contributed by atoms with Crippen molar-refractivity contribution in [1.82, 2.24) is 0 Å². The maximum Gasteiger partial charge on any atom is 0.108 e. The summed E-state index contributed by atoms with van der Waals surface area (Å²) >= 11 is 0. The van der Waals surface area contributed by atoms with E-state index in [2.05, 4.69) is 5.16 Å². The molecule has 0 spiro atoms. The molecule has 0 bridgehead atoms. The lowest BCUT2D eigenvalue weighted by Gasteiger charge is -2.13. The van der Waals surface area contributed by atoms with E-state index in [4.69, 9.17) is 10.9 Å². The van der Waals surface area contributed by atoms with Crippen LogP contribution in [0.15, 0.2) is 65.8 Å². The van der Waals surface area contributed by atoms with Gasteiger partial charge in [0.1, 0.15) is 5.71 Å². The van der Waals surface area contributed by atoms with E-state index in [9.17, 15) is 0 Å². The number of nitrogens with two attached hydrogens (primary N) is 1. The summed E-state index contributed by atoms with van der Waals surface area (Å²) in [6.45, 7) is 0. The van der Waals surface area contributed by atoms with Crippen molar-refractivity contribution in [3.05, 3.63) is 71.8 Å². The first-order valence-electron chi connectivity index (χ1n) is 5.41. The number of rotatable bonds is 3. The average molecular weight is 226 g/mol. The molecule has 1 unspecified atom stereocenters. The van der Waals surface area contributed by atoms with Crippen molar-refractivity contribution >= 4 is 5.71 Å². The van der Waals surface area contributed by atoms with Gasteiger partial charge in [-0.3, -0.25) is 0 Å². The van der Waals surface area contributed by atoms with Crippen LogP contribution in [0.5, 0.6) is 0 Å². The Labute approximate surface area is 100 Å². The van der Waals surface area contributed by atoms with E-state index in [0.717, 1.165) is 11.1 Å². The van der Waals surface area contributed by atoms with Gasteiger partial charge in [0.15, 0.2) is 0 Å². The highest BCUT2D eigenvalue weighted by Crippen LogP contribution is 2.16. The smallest absolute Gasteiger partial charge is 0.108 e. The van der Waals surface area contributed by atoms with Crippen LogP contribution in [0.1, 0.15) is 17.2 Å². The third-order valence-electron chi connectivity index (χ3n) is 2.63. The summed E-state index contributed by atoms with van der Waals surface area (Å²) in [6.07, 6.45) is 0. The van der Waals surface area contributed by atoms with Crippen LogP contribution in [-0.2, 0) is 0 Å². The lowest BCUT2D eigenvalue weighted by atomic mass is 9.97.